The lowest BCUT2D eigenvalue weighted by atomic mass is 9.84. The number of carbonyl (C=O) groups excluding carboxylic acids is 4. The van der Waals surface area contributed by atoms with Crippen LogP contribution in [0.3, 0.4) is 0 Å². The van der Waals surface area contributed by atoms with Crippen LogP contribution in [0.4, 0.5) is 0 Å². The Morgan fingerprint density at radius 3 is 0.952 bits per heavy atom. The first-order valence-corrected chi connectivity index (χ1v) is 45.2. The Morgan fingerprint density at radius 2 is 0.610 bits per heavy atom. The van der Waals surface area contributed by atoms with Crippen molar-refractivity contribution in [3.8, 4) is 0 Å². The third-order valence-corrected chi connectivity index (χ3v) is 22.2. The first-order chi connectivity index (χ1) is 51.0. The lowest BCUT2D eigenvalue weighted by Gasteiger charge is -2.47. The Kier molecular flexibility index (Phi) is 63.4. The lowest BCUT2D eigenvalue weighted by molar-refractivity contribution is -0.339. The van der Waals surface area contributed by atoms with Gasteiger partial charge in [0.15, 0.2) is 18.5 Å². The van der Waals surface area contributed by atoms with Gasteiger partial charge in [-0.2, -0.15) is 0 Å². The quantitative estimate of drug-likeness (QED) is 0.0129. The van der Waals surface area contributed by atoms with Crippen molar-refractivity contribution in [1.82, 2.24) is 0 Å². The molecule has 1 aliphatic heterocycles. The molecule has 2 aliphatic rings. The minimum absolute atomic E-state index is 0.0192. The molecule has 21 heteroatoms. The fourth-order valence-corrected chi connectivity index (χ4v) is 15.3. The average molecular weight is 1520 g/mol. The summed E-state index contributed by atoms with van der Waals surface area (Å²) in [6.07, 6.45) is 40.5. The van der Waals surface area contributed by atoms with Gasteiger partial charge >= 0.3 is 31.7 Å². The summed E-state index contributed by atoms with van der Waals surface area (Å²) in [5, 5.41) is 68.4. The molecule has 2 rings (SSSR count). The summed E-state index contributed by atoms with van der Waals surface area (Å²) >= 11 is 0. The highest BCUT2D eigenvalue weighted by molar-refractivity contribution is 7.47. The minimum Gasteiger partial charge on any atom is -0.463 e. The van der Waals surface area contributed by atoms with Crippen LogP contribution in [0.1, 0.15) is 419 Å². The van der Waals surface area contributed by atoms with Crippen LogP contribution in [0.2, 0.25) is 0 Å². The van der Waals surface area contributed by atoms with Gasteiger partial charge in [0.1, 0.15) is 68.1 Å². The third kappa shape index (κ3) is 51.8. The molecular weight excluding hydrogens is 1360 g/mol. The van der Waals surface area contributed by atoms with E-state index in [1.807, 2.05) is 0 Å². The zero-order valence-electron chi connectivity index (χ0n) is 67.1. The zero-order valence-corrected chi connectivity index (χ0v) is 68.0. The van der Waals surface area contributed by atoms with Crippen molar-refractivity contribution in [1.29, 1.82) is 0 Å². The van der Waals surface area contributed by atoms with Gasteiger partial charge in [0.05, 0.1) is 6.61 Å². The molecule has 620 valence electrons. The average Bonchev–Trinajstić information content (AvgIpc) is 0.767. The van der Waals surface area contributed by atoms with E-state index in [1.165, 1.54) is 231 Å². The molecule has 0 aromatic rings. The highest BCUT2D eigenvalue weighted by Crippen LogP contribution is 2.48. The van der Waals surface area contributed by atoms with E-state index in [2.05, 4.69) is 27.7 Å². The summed E-state index contributed by atoms with van der Waals surface area (Å²) in [6.45, 7) is 6.90. The van der Waals surface area contributed by atoms with Gasteiger partial charge in [-0.05, 0) is 25.7 Å². The summed E-state index contributed by atoms with van der Waals surface area (Å²) in [6, 6.07) is 0. The van der Waals surface area contributed by atoms with E-state index in [0.29, 0.717) is 32.1 Å². The number of ether oxygens (including phenoxy) is 6. The van der Waals surface area contributed by atoms with Gasteiger partial charge < -0.3 is 64.0 Å². The summed E-state index contributed by atoms with van der Waals surface area (Å²) in [7, 11) is -5.54. The molecule has 0 amide bonds. The summed E-state index contributed by atoms with van der Waals surface area (Å²) in [5.41, 5.74) is 0. The van der Waals surface area contributed by atoms with Crippen molar-refractivity contribution in [3.05, 3.63) is 0 Å². The standard InChI is InChI=1S/C84H159O20P/c1-5-9-13-17-21-25-29-33-35-37-40-43-46-50-54-58-62-71(85)97-66-69(100-73(87)64-60-56-52-48-44-39-32-28-24-20-16-12-8-4)67-99-105(95,96)104-82-79(93)77(91)78(92)81(102-74(88)65-61-57-53-49-45-41-36-34-30-26-22-18-14-10-6-2)83(82)103-84-80(94)76(90)75(89)70(101-84)68-98-72(86)63-59-55-51-47-42-38-31-27-23-19-15-11-7-3/h69-70,75-84,89-94H,5-68H2,1-4H3,(H,95,96)/t69?,70-,75-,76+,77+,78+,79-,80+,81-,82+,83-,84-/m1/s1. The number of phosphoric acid groups is 1. The van der Waals surface area contributed by atoms with Crippen molar-refractivity contribution >= 4 is 31.7 Å². The molecule has 105 heavy (non-hydrogen) atoms. The molecule has 0 spiro atoms. The highest BCUT2D eigenvalue weighted by Gasteiger charge is 2.57. The van der Waals surface area contributed by atoms with E-state index in [4.69, 9.17) is 37.5 Å². The second-order valence-electron chi connectivity index (χ2n) is 31.1. The molecule has 2 fully saturated rings. The fraction of sp³-hybridized carbons (Fsp3) is 0.952. The number of rotatable bonds is 74. The highest BCUT2D eigenvalue weighted by atomic mass is 31.2. The molecule has 0 aromatic heterocycles. The molecule has 1 saturated heterocycles. The smallest absolute Gasteiger partial charge is 0.463 e. The molecule has 1 saturated carbocycles. The largest absolute Gasteiger partial charge is 0.472 e. The number of hydrogen-bond donors (Lipinski definition) is 7. The molecule has 7 N–H and O–H groups in total. The van der Waals surface area contributed by atoms with E-state index in [1.54, 1.807) is 0 Å². The van der Waals surface area contributed by atoms with Gasteiger partial charge in [-0.25, -0.2) is 4.57 Å². The Hall–Kier alpha value is -2.33. The Morgan fingerprint density at radius 1 is 0.324 bits per heavy atom. The molecule has 13 atom stereocenters. The number of phosphoric ester groups is 1. The van der Waals surface area contributed by atoms with Crippen molar-refractivity contribution in [3.63, 3.8) is 0 Å². The SMILES string of the molecule is CCCCCCCCCCCCCCCCCCC(=O)OCC(COP(=O)(O)O[C@H]1[C@H](O)[C@@H](O)[C@H](O)[C@@H](OC(=O)CCCCCCCCCCCCCCCCC)[C@H]1O[C@H]1O[C@H](COC(=O)CCCCCCCCCCCCCCC)[C@@H](O)[C@H](O)[C@@H]1O)OC(=O)CCCCCCCCCCCCCCC. The number of aliphatic hydroxyl groups is 6. The molecule has 1 aliphatic carbocycles. The van der Waals surface area contributed by atoms with Gasteiger partial charge in [0.25, 0.3) is 0 Å². The van der Waals surface area contributed by atoms with Gasteiger partial charge in [-0.3, -0.25) is 28.2 Å². The van der Waals surface area contributed by atoms with Crippen LogP contribution in [0, 0.1) is 0 Å². The van der Waals surface area contributed by atoms with Gasteiger partial charge in [-0.15, -0.1) is 0 Å². The first kappa shape index (κ1) is 98.7. The third-order valence-electron chi connectivity index (χ3n) is 21.3. The molecule has 20 nitrogen and oxygen atoms in total. The number of esters is 4. The Balaban J connectivity index is 2.21. The predicted octanol–water partition coefficient (Wildman–Crippen LogP) is 19.6. The first-order valence-electron chi connectivity index (χ1n) is 43.7. The van der Waals surface area contributed by atoms with E-state index in [0.717, 1.165) is 103 Å². The van der Waals surface area contributed by atoms with Crippen LogP contribution in [0.5, 0.6) is 0 Å². The van der Waals surface area contributed by atoms with Crippen LogP contribution in [0.15, 0.2) is 0 Å². The van der Waals surface area contributed by atoms with Crippen LogP contribution in [0.25, 0.3) is 0 Å². The maximum absolute atomic E-state index is 14.3. The fourth-order valence-electron chi connectivity index (χ4n) is 14.4. The van der Waals surface area contributed by atoms with Crippen molar-refractivity contribution in [2.45, 2.75) is 493 Å². The number of unbranched alkanes of at least 4 members (excludes halogenated alkanes) is 53. The van der Waals surface area contributed by atoms with Crippen LogP contribution in [-0.4, -0.2) is 153 Å². The Labute approximate surface area is 638 Å². The van der Waals surface area contributed by atoms with Crippen LogP contribution in [-0.2, 0) is 61.2 Å². The molecule has 0 bridgehead atoms. The second-order valence-corrected chi connectivity index (χ2v) is 32.5. The van der Waals surface area contributed by atoms with E-state index >= 15 is 0 Å². The summed E-state index contributed by atoms with van der Waals surface area (Å²) in [4.78, 5) is 64.9. The van der Waals surface area contributed by atoms with E-state index in [-0.39, 0.29) is 25.7 Å². The second kappa shape index (κ2) is 67.4. The maximum atomic E-state index is 14.3. The number of carbonyl (C=O) groups is 4. The van der Waals surface area contributed by atoms with Crippen molar-refractivity contribution < 1.29 is 96.7 Å². The summed E-state index contributed by atoms with van der Waals surface area (Å²) < 4.78 is 60.0. The van der Waals surface area contributed by atoms with Crippen LogP contribution < -0.4 is 0 Å². The predicted molar refractivity (Wildman–Crippen MR) is 416 cm³/mol. The van der Waals surface area contributed by atoms with Crippen molar-refractivity contribution in [2.75, 3.05) is 19.8 Å². The zero-order chi connectivity index (χ0) is 76.6. The molecule has 0 radical (unpaired) electrons. The van der Waals surface area contributed by atoms with Gasteiger partial charge in [-0.1, -0.05) is 368 Å². The topological polar surface area (TPSA) is 301 Å². The summed E-state index contributed by atoms with van der Waals surface area (Å²) in [5.74, 6) is -2.68. The van der Waals surface area contributed by atoms with Crippen molar-refractivity contribution in [2.24, 2.45) is 0 Å². The Bertz CT molecular complexity index is 2090. The van der Waals surface area contributed by atoms with Gasteiger partial charge in [0.2, 0.25) is 0 Å². The monoisotopic (exact) mass is 1520 g/mol. The number of hydrogen-bond acceptors (Lipinski definition) is 19. The van der Waals surface area contributed by atoms with Gasteiger partial charge in [0, 0.05) is 25.7 Å². The van der Waals surface area contributed by atoms with E-state index < -0.39 is 125 Å². The van der Waals surface area contributed by atoms with Crippen LogP contribution >= 0.6 is 7.82 Å². The van der Waals surface area contributed by atoms with E-state index in [9.17, 15) is 59.3 Å². The molecule has 2 unspecified atom stereocenters. The molecule has 0 aromatic carbocycles. The molecule has 1 heterocycles. The maximum Gasteiger partial charge on any atom is 0.472 e. The number of aliphatic hydroxyl groups excluding tert-OH is 6. The minimum atomic E-state index is -5.54. The normalized spacial score (nSPS) is 22.0. The molecular formula is C84H159O20P. The lowest BCUT2D eigenvalue weighted by Crippen LogP contribution is -2.68.